The second-order valence-electron chi connectivity index (χ2n) is 4.11. The molecule has 1 aromatic carbocycles. The Morgan fingerprint density at radius 2 is 2.00 bits per heavy atom. The van der Waals surface area contributed by atoms with E-state index in [1.165, 1.54) is 13.0 Å². The van der Waals surface area contributed by atoms with Crippen LogP contribution < -0.4 is 5.73 Å². The molecule has 1 rings (SSSR count). The summed E-state index contributed by atoms with van der Waals surface area (Å²) < 4.78 is 31.9. The van der Waals surface area contributed by atoms with Gasteiger partial charge in [0, 0.05) is 0 Å². The minimum absolute atomic E-state index is 0. The highest BCUT2D eigenvalue weighted by Gasteiger charge is 2.48. The molecule has 0 unspecified atom stereocenters. The second-order valence-corrected chi connectivity index (χ2v) is 4.11. The standard InChI is InChI=1S/C13H17F2NO2.ClH/c1-4-18-12(17)13(14,15)11(16)10-7-5-6-8(2)9(10)3;/h5-7,11H,4,16H2,1-3H3;1H/t11-;/m0./s1. The summed E-state index contributed by atoms with van der Waals surface area (Å²) in [6.07, 6.45) is 0. The van der Waals surface area contributed by atoms with E-state index >= 15 is 0 Å². The van der Waals surface area contributed by atoms with Crippen molar-refractivity contribution in [3.05, 3.63) is 34.9 Å². The van der Waals surface area contributed by atoms with Gasteiger partial charge in [0.2, 0.25) is 0 Å². The van der Waals surface area contributed by atoms with E-state index in [0.717, 1.165) is 5.56 Å². The molecule has 1 aromatic rings. The van der Waals surface area contributed by atoms with Crippen molar-refractivity contribution in [2.24, 2.45) is 5.73 Å². The molecule has 0 saturated carbocycles. The number of hydrogen-bond acceptors (Lipinski definition) is 3. The van der Waals surface area contributed by atoms with E-state index in [4.69, 9.17) is 5.73 Å². The first kappa shape index (κ1) is 17.8. The van der Waals surface area contributed by atoms with Gasteiger partial charge in [-0.25, -0.2) is 4.79 Å². The SMILES string of the molecule is CCOC(=O)C(F)(F)[C@@H](N)c1cccc(C)c1C.Cl. The van der Waals surface area contributed by atoms with Crippen LogP contribution in [0.2, 0.25) is 0 Å². The van der Waals surface area contributed by atoms with Crippen molar-refractivity contribution >= 4 is 18.4 Å². The summed E-state index contributed by atoms with van der Waals surface area (Å²) in [7, 11) is 0. The highest BCUT2D eigenvalue weighted by molar-refractivity contribution is 5.85. The topological polar surface area (TPSA) is 52.3 Å². The van der Waals surface area contributed by atoms with Gasteiger partial charge in [-0.05, 0) is 37.5 Å². The van der Waals surface area contributed by atoms with Crippen LogP contribution in [0.5, 0.6) is 0 Å². The molecule has 6 heteroatoms. The summed E-state index contributed by atoms with van der Waals surface area (Å²) in [4.78, 5) is 11.2. The molecule has 0 bridgehead atoms. The summed E-state index contributed by atoms with van der Waals surface area (Å²) in [6.45, 7) is 4.87. The van der Waals surface area contributed by atoms with Crippen LogP contribution in [-0.4, -0.2) is 18.5 Å². The van der Waals surface area contributed by atoms with E-state index < -0.39 is 17.9 Å². The smallest absolute Gasteiger partial charge is 0.379 e. The van der Waals surface area contributed by atoms with Crippen molar-refractivity contribution in [3.8, 4) is 0 Å². The molecule has 0 spiro atoms. The van der Waals surface area contributed by atoms with Crippen molar-refractivity contribution in [3.63, 3.8) is 0 Å². The molecular weight excluding hydrogens is 276 g/mol. The summed E-state index contributed by atoms with van der Waals surface area (Å²) in [5.74, 6) is -5.31. The van der Waals surface area contributed by atoms with Crippen molar-refractivity contribution in [2.45, 2.75) is 32.7 Å². The van der Waals surface area contributed by atoms with Gasteiger partial charge in [-0.1, -0.05) is 18.2 Å². The Labute approximate surface area is 117 Å². The first-order chi connectivity index (χ1) is 8.32. The highest BCUT2D eigenvalue weighted by Crippen LogP contribution is 2.32. The first-order valence-electron chi connectivity index (χ1n) is 5.69. The summed E-state index contributed by atoms with van der Waals surface area (Å²) >= 11 is 0. The summed E-state index contributed by atoms with van der Waals surface area (Å²) in [6, 6.07) is 3.24. The number of carbonyl (C=O) groups excluding carboxylic acids is 1. The van der Waals surface area contributed by atoms with Crippen molar-refractivity contribution in [1.29, 1.82) is 0 Å². The molecule has 1 atom stereocenters. The molecule has 0 aliphatic heterocycles. The predicted molar refractivity (Wildman–Crippen MR) is 71.7 cm³/mol. The van der Waals surface area contributed by atoms with Gasteiger partial charge in [0.25, 0.3) is 0 Å². The Kier molecular flexibility index (Phi) is 6.39. The van der Waals surface area contributed by atoms with Gasteiger partial charge in [-0.2, -0.15) is 8.78 Å². The zero-order valence-corrected chi connectivity index (χ0v) is 11.9. The van der Waals surface area contributed by atoms with Gasteiger partial charge in [-0.3, -0.25) is 0 Å². The van der Waals surface area contributed by atoms with E-state index in [1.54, 1.807) is 26.0 Å². The van der Waals surface area contributed by atoms with E-state index in [9.17, 15) is 13.6 Å². The lowest BCUT2D eigenvalue weighted by Gasteiger charge is -2.23. The van der Waals surface area contributed by atoms with E-state index in [1.807, 2.05) is 0 Å². The lowest BCUT2D eigenvalue weighted by Crippen LogP contribution is -2.42. The fourth-order valence-corrected chi connectivity index (χ4v) is 1.66. The highest BCUT2D eigenvalue weighted by atomic mass is 35.5. The van der Waals surface area contributed by atoms with Gasteiger partial charge in [0.05, 0.1) is 6.61 Å². The van der Waals surface area contributed by atoms with Crippen LogP contribution in [0.4, 0.5) is 8.78 Å². The molecule has 0 saturated heterocycles. The number of hydrogen-bond donors (Lipinski definition) is 1. The van der Waals surface area contributed by atoms with Crippen LogP contribution in [0.15, 0.2) is 18.2 Å². The first-order valence-corrected chi connectivity index (χ1v) is 5.69. The Balaban J connectivity index is 0.00000324. The molecular formula is C13H18ClF2NO2. The number of alkyl halides is 2. The molecule has 0 aliphatic carbocycles. The zero-order chi connectivity index (χ0) is 13.9. The Morgan fingerprint density at radius 1 is 1.42 bits per heavy atom. The molecule has 3 nitrogen and oxygen atoms in total. The molecule has 2 N–H and O–H groups in total. The van der Waals surface area contributed by atoms with Gasteiger partial charge in [-0.15, -0.1) is 12.4 Å². The average Bonchev–Trinajstić information content (AvgIpc) is 2.32. The monoisotopic (exact) mass is 293 g/mol. The van der Waals surface area contributed by atoms with Crippen LogP contribution in [0.25, 0.3) is 0 Å². The normalized spacial score (nSPS) is 12.5. The van der Waals surface area contributed by atoms with Crippen LogP contribution >= 0.6 is 12.4 Å². The van der Waals surface area contributed by atoms with Gasteiger partial charge in [0.15, 0.2) is 0 Å². The third-order valence-corrected chi connectivity index (χ3v) is 2.92. The fourth-order valence-electron chi connectivity index (χ4n) is 1.66. The number of halogens is 3. The quantitative estimate of drug-likeness (QED) is 0.869. The van der Waals surface area contributed by atoms with Crippen molar-refractivity contribution in [2.75, 3.05) is 6.61 Å². The van der Waals surface area contributed by atoms with Crippen molar-refractivity contribution in [1.82, 2.24) is 0 Å². The van der Waals surface area contributed by atoms with Crippen LogP contribution in [0.3, 0.4) is 0 Å². The van der Waals surface area contributed by atoms with E-state index in [-0.39, 0.29) is 24.6 Å². The number of rotatable bonds is 4. The van der Waals surface area contributed by atoms with Gasteiger partial charge < -0.3 is 10.5 Å². The summed E-state index contributed by atoms with van der Waals surface area (Å²) in [5.41, 5.74) is 7.29. The third-order valence-electron chi connectivity index (χ3n) is 2.92. The molecule has 0 amide bonds. The van der Waals surface area contributed by atoms with Gasteiger partial charge >= 0.3 is 11.9 Å². The second kappa shape index (κ2) is 6.82. The predicted octanol–water partition coefficient (Wildman–Crippen LogP) is 2.92. The van der Waals surface area contributed by atoms with Crippen molar-refractivity contribution < 1.29 is 18.3 Å². The Hall–Kier alpha value is -1.20. The van der Waals surface area contributed by atoms with Crippen LogP contribution in [0.1, 0.15) is 29.7 Å². The third kappa shape index (κ3) is 3.64. The van der Waals surface area contributed by atoms with Crippen LogP contribution in [-0.2, 0) is 9.53 Å². The Morgan fingerprint density at radius 3 is 2.53 bits per heavy atom. The molecule has 0 aromatic heterocycles. The maximum atomic E-state index is 13.8. The fraction of sp³-hybridized carbons (Fsp3) is 0.462. The van der Waals surface area contributed by atoms with E-state index in [2.05, 4.69) is 4.74 Å². The van der Waals surface area contributed by atoms with E-state index in [0.29, 0.717) is 5.56 Å². The van der Waals surface area contributed by atoms with Crippen LogP contribution in [0, 0.1) is 13.8 Å². The number of esters is 1. The molecule has 0 heterocycles. The maximum absolute atomic E-state index is 13.8. The molecule has 108 valence electrons. The number of ether oxygens (including phenoxy) is 1. The lowest BCUT2D eigenvalue weighted by atomic mass is 9.94. The molecule has 0 radical (unpaired) electrons. The molecule has 0 aliphatic rings. The molecule has 19 heavy (non-hydrogen) atoms. The number of nitrogens with two attached hydrogens (primary N) is 1. The minimum atomic E-state index is -3.73. The number of benzene rings is 1. The lowest BCUT2D eigenvalue weighted by molar-refractivity contribution is -0.174. The number of aryl methyl sites for hydroxylation is 1. The number of carbonyl (C=O) groups is 1. The maximum Gasteiger partial charge on any atom is 0.379 e. The molecule has 0 fully saturated rings. The zero-order valence-electron chi connectivity index (χ0n) is 11.1. The van der Waals surface area contributed by atoms with Gasteiger partial charge in [0.1, 0.15) is 6.04 Å². The largest absolute Gasteiger partial charge is 0.462 e. The summed E-state index contributed by atoms with van der Waals surface area (Å²) in [5, 5.41) is 0. The average molecular weight is 294 g/mol. The minimum Gasteiger partial charge on any atom is -0.462 e. The Bertz CT molecular complexity index is 452.